The maximum atomic E-state index is 13.6. The summed E-state index contributed by atoms with van der Waals surface area (Å²) >= 11 is 1.26. The number of aryl methyl sites for hydroxylation is 1. The van der Waals surface area contributed by atoms with Gasteiger partial charge in [0, 0.05) is 29.3 Å². The van der Waals surface area contributed by atoms with Crippen LogP contribution in [0.15, 0.2) is 29.2 Å². The first-order chi connectivity index (χ1) is 10.1. The van der Waals surface area contributed by atoms with Gasteiger partial charge in [-0.2, -0.15) is 0 Å². The van der Waals surface area contributed by atoms with Gasteiger partial charge in [-0.25, -0.2) is 18.7 Å². The Hall–Kier alpha value is -1.69. The molecule has 112 valence electrons. The van der Waals surface area contributed by atoms with E-state index in [4.69, 9.17) is 0 Å². The molecule has 0 saturated carbocycles. The summed E-state index contributed by atoms with van der Waals surface area (Å²) < 4.78 is 26.4. The number of hydrogen-bond acceptors (Lipinski definition) is 4. The standard InChI is InChI=1S/C15H17F2N3S/c1-3-6-18-14-7-10(2)19-15(20-14)9-21-13-5-4-11(16)8-12(13)17/h4-5,7-8H,3,6,9H2,1-2H3,(H,18,19,20). The summed E-state index contributed by atoms with van der Waals surface area (Å²) in [6, 6.07) is 5.44. The number of anilines is 1. The van der Waals surface area contributed by atoms with Gasteiger partial charge in [0.1, 0.15) is 23.3 Å². The van der Waals surface area contributed by atoms with E-state index in [1.165, 1.54) is 23.9 Å². The Morgan fingerprint density at radius 1 is 1.19 bits per heavy atom. The highest BCUT2D eigenvalue weighted by Gasteiger charge is 2.07. The Morgan fingerprint density at radius 2 is 2.00 bits per heavy atom. The second-order valence-electron chi connectivity index (χ2n) is 4.60. The van der Waals surface area contributed by atoms with Crippen molar-refractivity contribution < 1.29 is 8.78 Å². The second-order valence-corrected chi connectivity index (χ2v) is 5.62. The van der Waals surface area contributed by atoms with Gasteiger partial charge in [0.25, 0.3) is 0 Å². The number of nitrogens with zero attached hydrogens (tertiary/aromatic N) is 2. The molecule has 2 aromatic rings. The molecule has 6 heteroatoms. The van der Waals surface area contributed by atoms with E-state index in [-0.39, 0.29) is 0 Å². The average molecular weight is 309 g/mol. The molecule has 1 aromatic carbocycles. The number of hydrogen-bond donors (Lipinski definition) is 1. The van der Waals surface area contributed by atoms with Crippen LogP contribution in [0.5, 0.6) is 0 Å². The van der Waals surface area contributed by atoms with Crippen LogP contribution in [0.4, 0.5) is 14.6 Å². The molecule has 1 aromatic heterocycles. The first kappa shape index (κ1) is 15.7. The third-order valence-corrected chi connectivity index (χ3v) is 3.75. The molecule has 0 aliphatic carbocycles. The zero-order chi connectivity index (χ0) is 15.2. The van der Waals surface area contributed by atoms with Crippen molar-refractivity contribution in [2.45, 2.75) is 30.9 Å². The molecule has 0 bridgehead atoms. The van der Waals surface area contributed by atoms with Crippen molar-refractivity contribution in [3.63, 3.8) is 0 Å². The molecule has 0 unspecified atom stereocenters. The van der Waals surface area contributed by atoms with Crippen LogP contribution in [0.2, 0.25) is 0 Å². The first-order valence-corrected chi connectivity index (χ1v) is 7.73. The SMILES string of the molecule is CCCNc1cc(C)nc(CSc2ccc(F)cc2F)n1. The van der Waals surface area contributed by atoms with Gasteiger partial charge in [0.05, 0.1) is 5.75 Å². The fraction of sp³-hybridized carbons (Fsp3) is 0.333. The Kier molecular flexibility index (Phi) is 5.50. The fourth-order valence-electron chi connectivity index (χ4n) is 1.77. The van der Waals surface area contributed by atoms with Crippen molar-refractivity contribution in [1.29, 1.82) is 0 Å². The summed E-state index contributed by atoms with van der Waals surface area (Å²) in [6.07, 6.45) is 1.01. The predicted octanol–water partition coefficient (Wildman–Crippen LogP) is 4.18. The van der Waals surface area contributed by atoms with E-state index in [0.29, 0.717) is 16.5 Å². The Labute approximate surface area is 127 Å². The Morgan fingerprint density at radius 3 is 2.71 bits per heavy atom. The maximum Gasteiger partial charge on any atom is 0.141 e. The molecule has 3 nitrogen and oxygen atoms in total. The minimum Gasteiger partial charge on any atom is -0.370 e. The lowest BCUT2D eigenvalue weighted by molar-refractivity contribution is 0.565. The van der Waals surface area contributed by atoms with Gasteiger partial charge >= 0.3 is 0 Å². The third kappa shape index (κ3) is 4.67. The highest BCUT2D eigenvalue weighted by molar-refractivity contribution is 7.98. The molecule has 1 N–H and O–H groups in total. The third-order valence-electron chi connectivity index (χ3n) is 2.71. The van der Waals surface area contributed by atoms with Crippen LogP contribution >= 0.6 is 11.8 Å². The summed E-state index contributed by atoms with van der Waals surface area (Å²) in [4.78, 5) is 9.12. The van der Waals surface area contributed by atoms with Crippen molar-refractivity contribution in [3.8, 4) is 0 Å². The lowest BCUT2D eigenvalue weighted by atomic mass is 10.3. The summed E-state index contributed by atoms with van der Waals surface area (Å²) in [5.41, 5.74) is 0.860. The van der Waals surface area contributed by atoms with Crippen molar-refractivity contribution in [3.05, 3.63) is 47.4 Å². The van der Waals surface area contributed by atoms with Crippen LogP contribution in [-0.2, 0) is 5.75 Å². The zero-order valence-electron chi connectivity index (χ0n) is 12.0. The average Bonchev–Trinajstić information content (AvgIpc) is 2.43. The van der Waals surface area contributed by atoms with Crippen LogP contribution in [0.25, 0.3) is 0 Å². The normalized spacial score (nSPS) is 10.7. The van der Waals surface area contributed by atoms with E-state index in [1.54, 1.807) is 0 Å². The summed E-state index contributed by atoms with van der Waals surface area (Å²) in [5, 5.41) is 3.21. The lowest BCUT2D eigenvalue weighted by Gasteiger charge is -2.08. The molecule has 0 aliphatic rings. The van der Waals surface area contributed by atoms with Gasteiger partial charge < -0.3 is 5.32 Å². The molecule has 0 spiro atoms. The van der Waals surface area contributed by atoms with Gasteiger partial charge in [-0.3, -0.25) is 0 Å². The minimum atomic E-state index is -0.574. The van der Waals surface area contributed by atoms with E-state index in [0.717, 1.165) is 30.5 Å². The molecule has 0 atom stereocenters. The number of rotatable bonds is 6. The largest absolute Gasteiger partial charge is 0.370 e. The number of benzene rings is 1. The maximum absolute atomic E-state index is 13.6. The van der Waals surface area contributed by atoms with Crippen LogP contribution in [-0.4, -0.2) is 16.5 Å². The van der Waals surface area contributed by atoms with Gasteiger partial charge in [-0.1, -0.05) is 6.92 Å². The number of halogens is 2. The fourth-order valence-corrected chi connectivity index (χ4v) is 2.55. The number of thioether (sulfide) groups is 1. The van der Waals surface area contributed by atoms with E-state index < -0.39 is 11.6 Å². The molecule has 1 heterocycles. The summed E-state index contributed by atoms with van der Waals surface area (Å²) in [5.74, 6) is 0.707. The predicted molar refractivity (Wildman–Crippen MR) is 81.5 cm³/mol. The highest BCUT2D eigenvalue weighted by atomic mass is 32.2. The van der Waals surface area contributed by atoms with Gasteiger partial charge in [0.15, 0.2) is 0 Å². The first-order valence-electron chi connectivity index (χ1n) is 6.74. The topological polar surface area (TPSA) is 37.8 Å². The quantitative estimate of drug-likeness (QED) is 0.812. The van der Waals surface area contributed by atoms with Crippen LogP contribution in [0, 0.1) is 18.6 Å². The molecular weight excluding hydrogens is 292 g/mol. The molecule has 0 amide bonds. The van der Waals surface area contributed by atoms with Gasteiger partial charge in [-0.05, 0) is 25.5 Å². The van der Waals surface area contributed by atoms with E-state index >= 15 is 0 Å². The van der Waals surface area contributed by atoms with Crippen molar-refractivity contribution in [1.82, 2.24) is 9.97 Å². The van der Waals surface area contributed by atoms with E-state index in [9.17, 15) is 8.78 Å². The van der Waals surface area contributed by atoms with Crippen molar-refractivity contribution in [2.24, 2.45) is 0 Å². The molecule has 21 heavy (non-hydrogen) atoms. The van der Waals surface area contributed by atoms with Gasteiger partial charge in [-0.15, -0.1) is 11.8 Å². The molecule has 0 fully saturated rings. The smallest absolute Gasteiger partial charge is 0.141 e. The lowest BCUT2D eigenvalue weighted by Crippen LogP contribution is -2.05. The zero-order valence-corrected chi connectivity index (χ0v) is 12.8. The molecule has 0 aliphatic heterocycles. The summed E-state index contributed by atoms with van der Waals surface area (Å²) in [6.45, 7) is 4.82. The van der Waals surface area contributed by atoms with Crippen molar-refractivity contribution >= 4 is 17.6 Å². The Bertz CT molecular complexity index is 620. The van der Waals surface area contributed by atoms with E-state index in [2.05, 4.69) is 22.2 Å². The highest BCUT2D eigenvalue weighted by Crippen LogP contribution is 2.25. The molecule has 0 radical (unpaired) electrons. The molecular formula is C15H17F2N3S. The minimum absolute atomic E-state index is 0.393. The van der Waals surface area contributed by atoms with Crippen LogP contribution in [0.1, 0.15) is 24.9 Å². The Balaban J connectivity index is 2.07. The van der Waals surface area contributed by atoms with Crippen LogP contribution in [0.3, 0.4) is 0 Å². The second kappa shape index (κ2) is 7.36. The summed E-state index contributed by atoms with van der Waals surface area (Å²) in [7, 11) is 0. The molecule has 2 rings (SSSR count). The number of nitrogens with one attached hydrogen (secondary N) is 1. The van der Waals surface area contributed by atoms with Gasteiger partial charge in [0.2, 0.25) is 0 Å². The molecule has 0 saturated heterocycles. The number of aromatic nitrogens is 2. The monoisotopic (exact) mass is 309 g/mol. The van der Waals surface area contributed by atoms with E-state index in [1.807, 2.05) is 13.0 Å². The van der Waals surface area contributed by atoms with Crippen molar-refractivity contribution in [2.75, 3.05) is 11.9 Å². The van der Waals surface area contributed by atoms with Crippen LogP contribution < -0.4 is 5.32 Å².